The molecule has 0 N–H and O–H groups in total. The van der Waals surface area contributed by atoms with Gasteiger partial charge >= 0.3 is 0 Å². The number of rotatable bonds is 2. The Hall–Kier alpha value is -1.05. The standard InChI is InChI=1S/C15H19N3O2S2/c19-22(20,14-7-3-6-13-15(14)17-21-16-13)18-9-8-11-4-1-2-5-12(11)10-18/h3,6-7,11-12H,1-2,4-5,8-10H2. The van der Waals surface area contributed by atoms with Crippen LogP contribution in [0.15, 0.2) is 23.1 Å². The number of fused-ring (bicyclic) bond motifs is 2. The predicted octanol–water partition coefficient (Wildman–Crippen LogP) is 2.89. The molecule has 2 atom stereocenters. The summed E-state index contributed by atoms with van der Waals surface area (Å²) in [6, 6.07) is 5.22. The van der Waals surface area contributed by atoms with Gasteiger partial charge in [0.05, 0.1) is 11.7 Å². The lowest BCUT2D eigenvalue weighted by atomic mass is 9.76. The third kappa shape index (κ3) is 2.35. The van der Waals surface area contributed by atoms with Gasteiger partial charge in [0.1, 0.15) is 15.9 Å². The number of sulfonamides is 1. The van der Waals surface area contributed by atoms with Crippen molar-refractivity contribution in [3.63, 3.8) is 0 Å². The molecule has 0 spiro atoms. The average Bonchev–Trinajstić information content (AvgIpc) is 3.02. The van der Waals surface area contributed by atoms with Crippen molar-refractivity contribution in [2.75, 3.05) is 13.1 Å². The molecule has 1 aliphatic heterocycles. The third-order valence-corrected chi connectivity index (χ3v) is 7.56. The molecule has 22 heavy (non-hydrogen) atoms. The van der Waals surface area contributed by atoms with Gasteiger partial charge in [0, 0.05) is 13.1 Å². The van der Waals surface area contributed by atoms with Crippen molar-refractivity contribution in [3.05, 3.63) is 18.2 Å². The second kappa shape index (κ2) is 5.54. The van der Waals surface area contributed by atoms with Crippen LogP contribution in [0.5, 0.6) is 0 Å². The summed E-state index contributed by atoms with van der Waals surface area (Å²) in [5.74, 6) is 1.25. The van der Waals surface area contributed by atoms with Crippen molar-refractivity contribution in [2.24, 2.45) is 11.8 Å². The van der Waals surface area contributed by atoms with Crippen LogP contribution in [0.1, 0.15) is 32.1 Å². The maximum atomic E-state index is 13.0. The zero-order valence-electron chi connectivity index (χ0n) is 12.3. The van der Waals surface area contributed by atoms with Crippen LogP contribution in [-0.4, -0.2) is 34.6 Å². The Labute approximate surface area is 134 Å². The first kappa shape index (κ1) is 14.5. The van der Waals surface area contributed by atoms with E-state index in [0.29, 0.717) is 34.9 Å². The van der Waals surface area contributed by atoms with Crippen LogP contribution < -0.4 is 0 Å². The second-order valence-corrected chi connectivity index (χ2v) is 8.78. The molecule has 0 radical (unpaired) electrons. The van der Waals surface area contributed by atoms with Gasteiger partial charge in [-0.15, -0.1) is 0 Å². The Morgan fingerprint density at radius 1 is 1.09 bits per heavy atom. The van der Waals surface area contributed by atoms with Crippen molar-refractivity contribution in [2.45, 2.75) is 37.0 Å². The number of aromatic nitrogens is 2. The van der Waals surface area contributed by atoms with E-state index in [4.69, 9.17) is 0 Å². The molecule has 2 aromatic rings. The van der Waals surface area contributed by atoms with Gasteiger partial charge in [-0.3, -0.25) is 0 Å². The Bertz CT molecular complexity index is 787. The summed E-state index contributed by atoms with van der Waals surface area (Å²) in [6.45, 7) is 1.30. The molecule has 118 valence electrons. The van der Waals surface area contributed by atoms with Crippen molar-refractivity contribution in [1.82, 2.24) is 13.1 Å². The van der Waals surface area contributed by atoms with Gasteiger partial charge in [0.15, 0.2) is 0 Å². The Morgan fingerprint density at radius 2 is 1.91 bits per heavy atom. The van der Waals surface area contributed by atoms with Gasteiger partial charge in [0.2, 0.25) is 10.0 Å². The molecular weight excluding hydrogens is 318 g/mol. The molecule has 1 aliphatic carbocycles. The van der Waals surface area contributed by atoms with Crippen LogP contribution in [0.3, 0.4) is 0 Å². The fourth-order valence-corrected chi connectivity index (χ4v) is 6.18. The van der Waals surface area contributed by atoms with Crippen LogP contribution in [0, 0.1) is 11.8 Å². The summed E-state index contributed by atoms with van der Waals surface area (Å²) in [4.78, 5) is 0.313. The van der Waals surface area contributed by atoms with Crippen molar-refractivity contribution >= 4 is 32.8 Å². The van der Waals surface area contributed by atoms with Gasteiger partial charge < -0.3 is 0 Å². The number of nitrogens with zero attached hydrogens (tertiary/aromatic N) is 3. The van der Waals surface area contributed by atoms with Crippen LogP contribution in [0.25, 0.3) is 11.0 Å². The molecule has 7 heteroatoms. The summed E-state index contributed by atoms with van der Waals surface area (Å²) in [5.41, 5.74) is 1.18. The monoisotopic (exact) mass is 337 g/mol. The minimum Gasteiger partial charge on any atom is -0.207 e. The van der Waals surface area contributed by atoms with Crippen molar-refractivity contribution < 1.29 is 8.42 Å². The highest BCUT2D eigenvalue weighted by atomic mass is 32.2. The first-order valence-electron chi connectivity index (χ1n) is 7.88. The SMILES string of the molecule is O=S(=O)(c1cccc2nsnc12)N1CCC2CCCCC2C1. The summed E-state index contributed by atoms with van der Waals surface area (Å²) >= 11 is 1.07. The Balaban J connectivity index is 1.67. The quantitative estimate of drug-likeness (QED) is 0.845. The molecule has 4 rings (SSSR count). The van der Waals surface area contributed by atoms with E-state index in [1.807, 2.05) is 6.07 Å². The molecule has 2 fully saturated rings. The number of benzene rings is 1. The molecule has 0 amide bonds. The summed E-state index contributed by atoms with van der Waals surface area (Å²) in [5, 5.41) is 0. The van der Waals surface area contributed by atoms with E-state index in [1.165, 1.54) is 25.7 Å². The van der Waals surface area contributed by atoms with E-state index in [2.05, 4.69) is 8.75 Å². The maximum Gasteiger partial charge on any atom is 0.245 e. The van der Waals surface area contributed by atoms with Crippen molar-refractivity contribution in [3.8, 4) is 0 Å². The van der Waals surface area contributed by atoms with Gasteiger partial charge in [-0.25, -0.2) is 8.42 Å². The first-order chi connectivity index (χ1) is 10.7. The number of piperidine rings is 1. The minimum atomic E-state index is -3.47. The first-order valence-corrected chi connectivity index (χ1v) is 10.0. The summed E-state index contributed by atoms with van der Waals surface area (Å²) in [7, 11) is -3.47. The predicted molar refractivity (Wildman–Crippen MR) is 86.2 cm³/mol. The lowest BCUT2D eigenvalue weighted by Gasteiger charge is -2.40. The molecule has 2 unspecified atom stereocenters. The topological polar surface area (TPSA) is 63.2 Å². The largest absolute Gasteiger partial charge is 0.245 e. The lowest BCUT2D eigenvalue weighted by molar-refractivity contribution is 0.136. The number of hydrogen-bond donors (Lipinski definition) is 0. The molecule has 5 nitrogen and oxygen atoms in total. The molecule has 1 saturated heterocycles. The van der Waals surface area contributed by atoms with E-state index in [1.54, 1.807) is 16.4 Å². The average molecular weight is 337 g/mol. The molecule has 1 saturated carbocycles. The molecule has 2 heterocycles. The van der Waals surface area contributed by atoms with Crippen molar-refractivity contribution in [1.29, 1.82) is 0 Å². The molecule has 1 aromatic heterocycles. The van der Waals surface area contributed by atoms with Gasteiger partial charge in [-0.2, -0.15) is 13.1 Å². The van der Waals surface area contributed by atoms with Gasteiger partial charge in [-0.1, -0.05) is 25.3 Å². The highest BCUT2D eigenvalue weighted by Gasteiger charge is 2.37. The van der Waals surface area contributed by atoms with Crippen LogP contribution >= 0.6 is 11.7 Å². The maximum absolute atomic E-state index is 13.0. The molecule has 2 aliphatic rings. The smallest absolute Gasteiger partial charge is 0.207 e. The highest BCUT2D eigenvalue weighted by Crippen LogP contribution is 2.38. The van der Waals surface area contributed by atoms with E-state index >= 15 is 0 Å². The summed E-state index contributed by atoms with van der Waals surface area (Å²) in [6.07, 6.45) is 5.97. The van der Waals surface area contributed by atoms with Gasteiger partial charge in [0.25, 0.3) is 0 Å². The fraction of sp³-hybridized carbons (Fsp3) is 0.600. The minimum absolute atomic E-state index is 0.313. The summed E-state index contributed by atoms with van der Waals surface area (Å²) < 4.78 is 36.1. The van der Waals surface area contributed by atoms with Crippen LogP contribution in [0.2, 0.25) is 0 Å². The van der Waals surface area contributed by atoms with Crippen LogP contribution in [-0.2, 0) is 10.0 Å². The third-order valence-electron chi connectivity index (χ3n) is 5.12. The van der Waals surface area contributed by atoms with Crippen LogP contribution in [0.4, 0.5) is 0 Å². The van der Waals surface area contributed by atoms with Gasteiger partial charge in [-0.05, 0) is 36.8 Å². The van der Waals surface area contributed by atoms with E-state index in [9.17, 15) is 8.42 Å². The van der Waals surface area contributed by atoms with E-state index < -0.39 is 10.0 Å². The zero-order valence-corrected chi connectivity index (χ0v) is 13.9. The zero-order chi connectivity index (χ0) is 15.2. The Kier molecular flexibility index (Phi) is 3.66. The molecule has 1 aromatic carbocycles. The second-order valence-electron chi connectivity index (χ2n) is 6.34. The Morgan fingerprint density at radius 3 is 2.77 bits per heavy atom. The number of hydrogen-bond acceptors (Lipinski definition) is 5. The molecule has 0 bridgehead atoms. The normalized spacial score (nSPS) is 26.9. The lowest BCUT2D eigenvalue weighted by Crippen LogP contribution is -2.44. The highest BCUT2D eigenvalue weighted by molar-refractivity contribution is 7.89. The molecular formula is C15H19N3O2S2. The fourth-order valence-electron chi connectivity index (χ4n) is 3.91. The van der Waals surface area contributed by atoms with E-state index in [-0.39, 0.29) is 0 Å². The van der Waals surface area contributed by atoms with E-state index in [0.717, 1.165) is 24.1 Å².